The van der Waals surface area contributed by atoms with Crippen LogP contribution in [0.25, 0.3) is 0 Å². The Kier molecular flexibility index (Phi) is 3.76. The van der Waals surface area contributed by atoms with Gasteiger partial charge in [0, 0.05) is 22.7 Å². The van der Waals surface area contributed by atoms with Crippen molar-refractivity contribution in [2.45, 2.75) is 26.7 Å². The molecule has 0 spiro atoms. The van der Waals surface area contributed by atoms with Crippen LogP contribution in [0.4, 0.5) is 5.69 Å². The Morgan fingerprint density at radius 2 is 1.78 bits per heavy atom. The zero-order valence-electron chi connectivity index (χ0n) is 10.6. The van der Waals surface area contributed by atoms with Crippen LogP contribution in [0.5, 0.6) is 0 Å². The monoisotopic (exact) mass is 308 g/mol. The summed E-state index contributed by atoms with van der Waals surface area (Å²) < 4.78 is 1.04. The predicted molar refractivity (Wildman–Crippen MR) is 77.0 cm³/mol. The van der Waals surface area contributed by atoms with Gasteiger partial charge in [-0.2, -0.15) is 0 Å². The van der Waals surface area contributed by atoms with E-state index in [0.717, 1.165) is 22.3 Å². The van der Waals surface area contributed by atoms with Crippen LogP contribution >= 0.6 is 15.9 Å². The second kappa shape index (κ2) is 5.14. The Labute approximate surface area is 116 Å². The van der Waals surface area contributed by atoms with Gasteiger partial charge in [0.25, 0.3) is 0 Å². The molecule has 1 aliphatic rings. The number of rotatable bonds is 3. The molecule has 1 aliphatic carbocycles. The number of anilines is 1. The normalized spacial score (nSPS) is 18.2. The standard InChI is InChI=1S/C14H17BrN2O/c1-14(2)8-12(7-13(18)9-14)17-16-11-5-3-10(15)4-6-11/h3-7,16-17H,8-9H2,1-2H3. The van der Waals surface area contributed by atoms with Crippen LogP contribution in [0, 0.1) is 5.41 Å². The summed E-state index contributed by atoms with van der Waals surface area (Å²) in [5.41, 5.74) is 8.18. The highest BCUT2D eigenvalue weighted by Gasteiger charge is 2.27. The molecule has 0 amide bonds. The zero-order chi connectivity index (χ0) is 13.2. The molecule has 0 unspecified atom stereocenters. The van der Waals surface area contributed by atoms with E-state index in [-0.39, 0.29) is 11.2 Å². The Morgan fingerprint density at radius 1 is 1.11 bits per heavy atom. The van der Waals surface area contributed by atoms with Gasteiger partial charge >= 0.3 is 0 Å². The van der Waals surface area contributed by atoms with Crippen molar-refractivity contribution in [3.63, 3.8) is 0 Å². The average molecular weight is 309 g/mol. The number of carbonyl (C=O) groups is 1. The molecule has 0 atom stereocenters. The minimum atomic E-state index is 0.0373. The number of ketones is 1. The maximum Gasteiger partial charge on any atom is 0.158 e. The molecule has 1 aromatic carbocycles. The molecule has 4 heteroatoms. The molecule has 3 nitrogen and oxygen atoms in total. The third kappa shape index (κ3) is 3.60. The van der Waals surface area contributed by atoms with E-state index in [1.54, 1.807) is 6.08 Å². The van der Waals surface area contributed by atoms with Gasteiger partial charge in [-0.15, -0.1) is 0 Å². The van der Waals surface area contributed by atoms with Gasteiger partial charge in [-0.3, -0.25) is 4.79 Å². The SMILES string of the molecule is CC1(C)CC(=O)C=C(NNc2ccc(Br)cc2)C1. The molecule has 2 rings (SSSR count). The Bertz CT molecular complexity index is 477. The summed E-state index contributed by atoms with van der Waals surface area (Å²) in [7, 11) is 0. The van der Waals surface area contributed by atoms with Crippen molar-refractivity contribution in [1.82, 2.24) is 5.43 Å². The summed E-state index contributed by atoms with van der Waals surface area (Å²) in [6, 6.07) is 7.86. The first kappa shape index (κ1) is 13.1. The van der Waals surface area contributed by atoms with Crippen LogP contribution in [-0.4, -0.2) is 5.78 Å². The smallest absolute Gasteiger partial charge is 0.158 e. The lowest BCUT2D eigenvalue weighted by Gasteiger charge is -2.29. The highest BCUT2D eigenvalue weighted by Crippen LogP contribution is 2.32. The quantitative estimate of drug-likeness (QED) is 0.838. The van der Waals surface area contributed by atoms with E-state index < -0.39 is 0 Å². The molecular formula is C14H17BrN2O. The first-order valence-corrected chi connectivity index (χ1v) is 6.75. The van der Waals surface area contributed by atoms with E-state index in [0.29, 0.717) is 6.42 Å². The average Bonchev–Trinajstić information content (AvgIpc) is 2.25. The number of nitrogens with one attached hydrogen (secondary N) is 2. The van der Waals surface area contributed by atoms with E-state index in [1.807, 2.05) is 24.3 Å². The summed E-state index contributed by atoms with van der Waals surface area (Å²) in [6.45, 7) is 4.22. The molecule has 96 valence electrons. The van der Waals surface area contributed by atoms with Crippen LogP contribution in [0.15, 0.2) is 40.5 Å². The maximum atomic E-state index is 11.6. The summed E-state index contributed by atoms with van der Waals surface area (Å²) in [5, 5.41) is 0. The number of halogens is 1. The van der Waals surface area contributed by atoms with Gasteiger partial charge in [-0.05, 0) is 36.1 Å². The van der Waals surface area contributed by atoms with Crippen molar-refractivity contribution in [1.29, 1.82) is 0 Å². The van der Waals surface area contributed by atoms with Crippen LogP contribution in [-0.2, 0) is 4.79 Å². The van der Waals surface area contributed by atoms with Gasteiger partial charge < -0.3 is 10.9 Å². The van der Waals surface area contributed by atoms with Crippen LogP contribution < -0.4 is 10.9 Å². The molecule has 0 aliphatic heterocycles. The molecule has 0 heterocycles. The third-order valence-electron chi connectivity index (χ3n) is 2.87. The lowest BCUT2D eigenvalue weighted by molar-refractivity contribution is -0.117. The molecule has 0 fully saturated rings. The van der Waals surface area contributed by atoms with Crippen LogP contribution in [0.2, 0.25) is 0 Å². The molecule has 0 saturated heterocycles. The lowest BCUT2D eigenvalue weighted by Crippen LogP contribution is -2.30. The fraction of sp³-hybridized carbons (Fsp3) is 0.357. The van der Waals surface area contributed by atoms with Gasteiger partial charge in [0.1, 0.15) is 0 Å². The van der Waals surface area contributed by atoms with E-state index >= 15 is 0 Å². The highest BCUT2D eigenvalue weighted by atomic mass is 79.9. The van der Waals surface area contributed by atoms with Crippen molar-refractivity contribution in [2.24, 2.45) is 5.41 Å². The number of benzene rings is 1. The van der Waals surface area contributed by atoms with Crippen molar-refractivity contribution in [3.05, 3.63) is 40.5 Å². The first-order chi connectivity index (χ1) is 8.44. The Balaban J connectivity index is 1.98. The summed E-state index contributed by atoms with van der Waals surface area (Å²) in [6.07, 6.45) is 3.19. The summed E-state index contributed by atoms with van der Waals surface area (Å²) in [4.78, 5) is 11.6. The number of hydrogen-bond acceptors (Lipinski definition) is 3. The fourth-order valence-corrected chi connectivity index (χ4v) is 2.38. The minimum absolute atomic E-state index is 0.0373. The van der Waals surface area contributed by atoms with Gasteiger partial charge in [0.15, 0.2) is 5.78 Å². The first-order valence-electron chi connectivity index (χ1n) is 5.96. The molecule has 0 bridgehead atoms. The fourth-order valence-electron chi connectivity index (χ4n) is 2.11. The molecule has 1 aromatic rings. The largest absolute Gasteiger partial charge is 0.305 e. The van der Waals surface area contributed by atoms with Crippen molar-refractivity contribution in [3.8, 4) is 0 Å². The molecule has 2 N–H and O–H groups in total. The minimum Gasteiger partial charge on any atom is -0.305 e. The predicted octanol–water partition coefficient (Wildman–Crippen LogP) is 3.64. The number of hydrazine groups is 1. The van der Waals surface area contributed by atoms with Crippen molar-refractivity contribution < 1.29 is 4.79 Å². The summed E-state index contributed by atoms with van der Waals surface area (Å²) in [5.74, 6) is 0.186. The van der Waals surface area contributed by atoms with E-state index in [9.17, 15) is 4.79 Å². The van der Waals surface area contributed by atoms with Crippen molar-refractivity contribution in [2.75, 3.05) is 5.43 Å². The Morgan fingerprint density at radius 3 is 2.39 bits per heavy atom. The van der Waals surface area contributed by atoms with Gasteiger partial charge in [-0.25, -0.2) is 0 Å². The molecular weight excluding hydrogens is 292 g/mol. The number of carbonyl (C=O) groups excluding carboxylic acids is 1. The zero-order valence-corrected chi connectivity index (χ0v) is 12.2. The van der Waals surface area contributed by atoms with E-state index in [1.165, 1.54) is 0 Å². The molecule has 18 heavy (non-hydrogen) atoms. The third-order valence-corrected chi connectivity index (χ3v) is 3.40. The lowest BCUT2D eigenvalue weighted by atomic mass is 9.79. The maximum absolute atomic E-state index is 11.6. The highest BCUT2D eigenvalue weighted by molar-refractivity contribution is 9.10. The molecule has 0 saturated carbocycles. The van der Waals surface area contributed by atoms with E-state index in [2.05, 4.69) is 40.6 Å². The topological polar surface area (TPSA) is 41.1 Å². The molecule has 0 aromatic heterocycles. The number of hydrogen-bond donors (Lipinski definition) is 2. The second-order valence-electron chi connectivity index (χ2n) is 5.41. The molecule has 0 radical (unpaired) electrons. The van der Waals surface area contributed by atoms with Gasteiger partial charge in [0.05, 0.1) is 5.69 Å². The van der Waals surface area contributed by atoms with Gasteiger partial charge in [-0.1, -0.05) is 29.8 Å². The van der Waals surface area contributed by atoms with Crippen LogP contribution in [0.1, 0.15) is 26.7 Å². The van der Waals surface area contributed by atoms with Crippen molar-refractivity contribution >= 4 is 27.4 Å². The van der Waals surface area contributed by atoms with Crippen LogP contribution in [0.3, 0.4) is 0 Å². The van der Waals surface area contributed by atoms with E-state index in [4.69, 9.17) is 0 Å². The summed E-state index contributed by atoms with van der Waals surface area (Å²) >= 11 is 3.39. The van der Waals surface area contributed by atoms with Gasteiger partial charge in [0.2, 0.25) is 0 Å². The second-order valence-corrected chi connectivity index (χ2v) is 6.33. The number of allylic oxidation sites excluding steroid dienone is 2. The Hall–Kier alpha value is -1.29.